The van der Waals surface area contributed by atoms with Gasteiger partial charge in [-0.05, 0) is 42.0 Å². The lowest BCUT2D eigenvalue weighted by atomic mass is 10.1. The Balaban J connectivity index is 1.28. The van der Waals surface area contributed by atoms with E-state index in [1.54, 1.807) is 48.7 Å². The molecule has 12 heteroatoms. The lowest BCUT2D eigenvalue weighted by Crippen LogP contribution is -2.22. The van der Waals surface area contributed by atoms with Crippen LogP contribution in [0.1, 0.15) is 15.9 Å². The molecule has 1 amide bonds. The maximum atomic E-state index is 12.5. The van der Waals surface area contributed by atoms with Gasteiger partial charge in [-0.1, -0.05) is 41.4 Å². The zero-order valence-corrected chi connectivity index (χ0v) is 20.8. The predicted molar refractivity (Wildman–Crippen MR) is 143 cm³/mol. The van der Waals surface area contributed by atoms with Crippen LogP contribution in [0.25, 0.3) is 11.3 Å². The molecule has 188 valence electrons. The highest BCUT2D eigenvalue weighted by atomic mass is 35.5. The summed E-state index contributed by atoms with van der Waals surface area (Å²) in [6, 6.07) is 17.0. The first kappa shape index (κ1) is 25.8. The topological polar surface area (TPSA) is 135 Å². The van der Waals surface area contributed by atoms with E-state index in [-0.39, 0.29) is 11.6 Å². The molecule has 4 rings (SSSR count). The number of anilines is 2. The smallest absolute Gasteiger partial charge is 0.287 e. The van der Waals surface area contributed by atoms with Crippen molar-refractivity contribution < 1.29 is 9.72 Å². The molecule has 0 saturated heterocycles. The number of aromatic nitrogens is 3. The summed E-state index contributed by atoms with van der Waals surface area (Å²) in [5.74, 6) is 0.764. The van der Waals surface area contributed by atoms with E-state index in [1.807, 2.05) is 12.1 Å². The number of halogens is 2. The van der Waals surface area contributed by atoms with E-state index in [4.69, 9.17) is 23.2 Å². The highest BCUT2D eigenvalue weighted by Crippen LogP contribution is 2.23. The van der Waals surface area contributed by atoms with E-state index in [1.165, 1.54) is 12.3 Å². The van der Waals surface area contributed by atoms with Gasteiger partial charge in [-0.2, -0.15) is 0 Å². The van der Waals surface area contributed by atoms with Crippen molar-refractivity contribution in [2.45, 2.75) is 6.54 Å². The van der Waals surface area contributed by atoms with Crippen molar-refractivity contribution in [2.24, 2.45) is 0 Å². The molecule has 0 aliphatic heterocycles. The number of carbonyl (C=O) groups is 1. The number of nitro groups is 1. The van der Waals surface area contributed by atoms with E-state index in [2.05, 4.69) is 30.9 Å². The quantitative estimate of drug-likeness (QED) is 0.142. The zero-order chi connectivity index (χ0) is 26.2. The number of hydrogen-bond acceptors (Lipinski definition) is 8. The second kappa shape index (κ2) is 12.1. The number of nitrogens with one attached hydrogen (secondary N) is 3. The molecule has 4 aromatic rings. The largest absolute Gasteiger partial charge is 0.368 e. The lowest BCUT2D eigenvalue weighted by Gasteiger charge is -2.09. The third kappa shape index (κ3) is 7.12. The number of carbonyl (C=O) groups excluding carboxylic acids is 1. The molecule has 2 aromatic carbocycles. The van der Waals surface area contributed by atoms with Crippen LogP contribution in [0.2, 0.25) is 10.0 Å². The maximum Gasteiger partial charge on any atom is 0.287 e. The number of nitrogens with zero attached hydrogens (tertiary/aromatic N) is 4. The summed E-state index contributed by atoms with van der Waals surface area (Å²) in [6.07, 6.45) is 2.85. The van der Waals surface area contributed by atoms with Crippen molar-refractivity contribution in [2.75, 3.05) is 23.7 Å². The van der Waals surface area contributed by atoms with Crippen LogP contribution in [-0.2, 0) is 6.54 Å². The van der Waals surface area contributed by atoms with Gasteiger partial charge in [0.15, 0.2) is 0 Å². The van der Waals surface area contributed by atoms with E-state index in [9.17, 15) is 14.9 Å². The average molecular weight is 538 g/mol. The van der Waals surface area contributed by atoms with Crippen molar-refractivity contribution >= 4 is 46.6 Å². The lowest BCUT2D eigenvalue weighted by molar-refractivity contribution is -0.385. The molecule has 10 nitrogen and oxygen atoms in total. The van der Waals surface area contributed by atoms with Crippen molar-refractivity contribution in [1.82, 2.24) is 20.3 Å². The molecular weight excluding hydrogens is 517 g/mol. The number of amides is 1. The Morgan fingerprint density at radius 2 is 1.70 bits per heavy atom. The number of rotatable bonds is 10. The Bertz CT molecular complexity index is 1400. The van der Waals surface area contributed by atoms with Gasteiger partial charge >= 0.3 is 0 Å². The summed E-state index contributed by atoms with van der Waals surface area (Å²) in [6.45, 7) is 1.33. The van der Waals surface area contributed by atoms with Crippen LogP contribution < -0.4 is 16.0 Å². The monoisotopic (exact) mass is 537 g/mol. The van der Waals surface area contributed by atoms with Gasteiger partial charge in [-0.3, -0.25) is 14.9 Å². The Kier molecular flexibility index (Phi) is 8.44. The average Bonchev–Trinajstić information content (AvgIpc) is 2.92. The molecule has 0 radical (unpaired) electrons. The van der Waals surface area contributed by atoms with Gasteiger partial charge in [-0.25, -0.2) is 15.0 Å². The zero-order valence-electron chi connectivity index (χ0n) is 19.3. The van der Waals surface area contributed by atoms with Gasteiger partial charge in [0, 0.05) is 43.0 Å². The molecule has 0 fully saturated rings. The maximum absolute atomic E-state index is 12.5. The van der Waals surface area contributed by atoms with E-state index < -0.39 is 4.92 Å². The molecule has 0 spiro atoms. The summed E-state index contributed by atoms with van der Waals surface area (Å²) in [4.78, 5) is 35.5. The predicted octanol–water partition coefficient (Wildman–Crippen LogP) is 5.21. The minimum absolute atomic E-state index is 0.0640. The molecule has 0 bridgehead atoms. The summed E-state index contributed by atoms with van der Waals surface area (Å²) >= 11 is 12.0. The van der Waals surface area contributed by atoms with Gasteiger partial charge < -0.3 is 16.0 Å². The van der Waals surface area contributed by atoms with Crippen molar-refractivity contribution in [3.05, 3.63) is 104 Å². The van der Waals surface area contributed by atoms with E-state index in [0.717, 1.165) is 11.1 Å². The minimum Gasteiger partial charge on any atom is -0.368 e. The normalized spacial score (nSPS) is 10.5. The summed E-state index contributed by atoms with van der Waals surface area (Å²) < 4.78 is 0. The van der Waals surface area contributed by atoms with Gasteiger partial charge in [0.1, 0.15) is 12.0 Å². The Morgan fingerprint density at radius 1 is 0.919 bits per heavy atom. The third-order valence-electron chi connectivity index (χ3n) is 5.21. The second-order valence-electron chi connectivity index (χ2n) is 7.79. The second-order valence-corrected chi connectivity index (χ2v) is 8.60. The molecule has 0 aliphatic rings. The van der Waals surface area contributed by atoms with E-state index >= 15 is 0 Å². The van der Waals surface area contributed by atoms with Crippen LogP contribution in [0.3, 0.4) is 0 Å². The molecule has 0 unspecified atom stereocenters. The van der Waals surface area contributed by atoms with Crippen LogP contribution in [0.5, 0.6) is 0 Å². The SMILES string of the molecule is O=C(NCc1ccc(Cl)c(Cl)c1)c1ccc(-c2ccnc(NCCNc3ccc([N+](=O)[O-])cn3)n2)cc1. The molecule has 0 atom stereocenters. The van der Waals surface area contributed by atoms with Crippen molar-refractivity contribution in [3.63, 3.8) is 0 Å². The molecule has 3 N–H and O–H groups in total. The highest BCUT2D eigenvalue weighted by molar-refractivity contribution is 6.42. The fourth-order valence-electron chi connectivity index (χ4n) is 3.29. The third-order valence-corrected chi connectivity index (χ3v) is 5.95. The van der Waals surface area contributed by atoms with Crippen LogP contribution in [0.15, 0.2) is 73.1 Å². The van der Waals surface area contributed by atoms with Crippen LogP contribution in [0, 0.1) is 10.1 Å². The van der Waals surface area contributed by atoms with Gasteiger partial charge in [0.25, 0.3) is 11.6 Å². The standard InChI is InChI=1S/C25H21Cl2N7O3/c26-20-7-1-16(13-21(20)27)14-32-24(35)18-4-2-17(3-5-18)22-9-10-29-25(33-22)30-12-11-28-23-8-6-19(15-31-23)34(36)37/h1-10,13,15H,11-12,14H2,(H,28,31)(H,32,35)(H,29,30,33). The first-order chi connectivity index (χ1) is 17.9. The van der Waals surface area contributed by atoms with Crippen LogP contribution in [-0.4, -0.2) is 38.9 Å². The fourth-order valence-corrected chi connectivity index (χ4v) is 3.62. The Hall–Kier alpha value is -4.28. The van der Waals surface area contributed by atoms with E-state index in [0.29, 0.717) is 52.7 Å². The first-order valence-electron chi connectivity index (χ1n) is 11.1. The molecule has 2 heterocycles. The van der Waals surface area contributed by atoms with Gasteiger partial charge in [0.2, 0.25) is 5.95 Å². The van der Waals surface area contributed by atoms with Crippen molar-refractivity contribution in [1.29, 1.82) is 0 Å². The Morgan fingerprint density at radius 3 is 2.41 bits per heavy atom. The summed E-state index contributed by atoms with van der Waals surface area (Å²) in [5, 5.41) is 20.7. The molecule has 0 aliphatic carbocycles. The van der Waals surface area contributed by atoms with Crippen LogP contribution in [0.4, 0.5) is 17.5 Å². The number of pyridine rings is 1. The summed E-state index contributed by atoms with van der Waals surface area (Å²) in [5.41, 5.74) is 2.83. The first-order valence-corrected chi connectivity index (χ1v) is 11.9. The van der Waals surface area contributed by atoms with Crippen LogP contribution >= 0.6 is 23.2 Å². The summed E-state index contributed by atoms with van der Waals surface area (Å²) in [7, 11) is 0. The highest BCUT2D eigenvalue weighted by Gasteiger charge is 2.09. The molecular formula is C25H21Cl2N7O3. The van der Waals surface area contributed by atoms with Gasteiger partial charge in [0.05, 0.1) is 20.7 Å². The van der Waals surface area contributed by atoms with Gasteiger partial charge in [-0.15, -0.1) is 0 Å². The number of benzene rings is 2. The minimum atomic E-state index is -0.495. The molecule has 37 heavy (non-hydrogen) atoms. The van der Waals surface area contributed by atoms with Crippen molar-refractivity contribution in [3.8, 4) is 11.3 Å². The fraction of sp³-hybridized carbons (Fsp3) is 0.120. The number of hydrogen-bond donors (Lipinski definition) is 3. The molecule has 0 saturated carbocycles. The molecule has 2 aromatic heterocycles. The Labute approximate surface area is 222 Å².